The molecule has 0 saturated heterocycles. The van der Waals surface area contributed by atoms with Crippen molar-refractivity contribution in [1.29, 1.82) is 0 Å². The number of nitrogens with two attached hydrogens (primary N) is 1. The fourth-order valence-electron chi connectivity index (χ4n) is 2.03. The lowest BCUT2D eigenvalue weighted by Gasteiger charge is -2.14. The van der Waals surface area contributed by atoms with E-state index in [1.54, 1.807) is 6.07 Å². The average Bonchev–Trinajstić information content (AvgIpc) is 2.49. The minimum absolute atomic E-state index is 0.114. The van der Waals surface area contributed by atoms with E-state index >= 15 is 0 Å². The lowest BCUT2D eigenvalue weighted by molar-refractivity contribution is 0.301. The number of benzene rings is 2. The molecular formula is C17H19ClFNO. The van der Waals surface area contributed by atoms with Gasteiger partial charge in [-0.25, -0.2) is 4.39 Å². The molecule has 2 aromatic rings. The molecule has 1 atom stereocenters. The van der Waals surface area contributed by atoms with Gasteiger partial charge in [0.2, 0.25) is 0 Å². The second-order valence-corrected chi connectivity index (χ2v) is 5.42. The highest BCUT2D eigenvalue weighted by Gasteiger charge is 2.08. The predicted molar refractivity (Wildman–Crippen MR) is 84.2 cm³/mol. The second-order valence-electron chi connectivity index (χ2n) is 5.02. The number of rotatable bonds is 6. The molecular weight excluding hydrogens is 289 g/mol. The first-order valence-corrected chi connectivity index (χ1v) is 7.38. The van der Waals surface area contributed by atoms with Crippen LogP contribution in [0.4, 0.5) is 4.39 Å². The molecule has 0 amide bonds. The van der Waals surface area contributed by atoms with E-state index in [0.717, 1.165) is 29.7 Å². The zero-order valence-corrected chi connectivity index (χ0v) is 12.7. The summed E-state index contributed by atoms with van der Waals surface area (Å²) in [6.07, 6.45) is 1.68. The summed E-state index contributed by atoms with van der Waals surface area (Å²) in [4.78, 5) is 0. The molecule has 0 radical (unpaired) electrons. The molecule has 2 N–H and O–H groups in total. The highest BCUT2D eigenvalue weighted by molar-refractivity contribution is 6.30. The summed E-state index contributed by atoms with van der Waals surface area (Å²) >= 11 is 5.67. The first kappa shape index (κ1) is 15.8. The first-order chi connectivity index (χ1) is 10.1. The Bertz CT molecular complexity index is 603. The van der Waals surface area contributed by atoms with Crippen LogP contribution >= 0.6 is 11.6 Å². The van der Waals surface area contributed by atoms with Gasteiger partial charge in [-0.15, -0.1) is 0 Å². The van der Waals surface area contributed by atoms with Crippen LogP contribution < -0.4 is 10.5 Å². The Morgan fingerprint density at radius 1 is 1.24 bits per heavy atom. The zero-order chi connectivity index (χ0) is 15.2. The van der Waals surface area contributed by atoms with Gasteiger partial charge in [-0.05, 0) is 42.2 Å². The van der Waals surface area contributed by atoms with Gasteiger partial charge in [-0.3, -0.25) is 0 Å². The highest BCUT2D eigenvalue weighted by Crippen LogP contribution is 2.22. The molecule has 112 valence electrons. The fourth-order valence-corrected chi connectivity index (χ4v) is 2.15. The summed E-state index contributed by atoms with van der Waals surface area (Å²) in [5, 5.41) is 0.119. The minimum Gasteiger partial charge on any atom is -0.489 e. The Hall–Kier alpha value is -1.58. The summed E-state index contributed by atoms with van der Waals surface area (Å²) in [6, 6.07) is 12.6. The standard InChI is InChI=1S/C17H19ClFNO/c1-2-14(20)10-13-5-3-4-6-17(13)21-11-12-7-8-15(18)16(19)9-12/h3-9,14H,2,10-11,20H2,1H3. The predicted octanol–water partition coefficient (Wildman–Crippen LogP) is 4.34. The summed E-state index contributed by atoms with van der Waals surface area (Å²) in [5.41, 5.74) is 7.81. The molecule has 21 heavy (non-hydrogen) atoms. The van der Waals surface area contributed by atoms with Crippen molar-refractivity contribution in [2.75, 3.05) is 0 Å². The van der Waals surface area contributed by atoms with Crippen molar-refractivity contribution < 1.29 is 9.13 Å². The Morgan fingerprint density at radius 2 is 2.00 bits per heavy atom. The third kappa shape index (κ3) is 4.45. The number of para-hydroxylation sites is 1. The summed E-state index contributed by atoms with van der Waals surface area (Å²) in [5.74, 6) is 0.357. The summed E-state index contributed by atoms with van der Waals surface area (Å²) in [7, 11) is 0. The maximum absolute atomic E-state index is 13.4. The molecule has 0 bridgehead atoms. The summed E-state index contributed by atoms with van der Waals surface area (Å²) in [6.45, 7) is 2.36. The quantitative estimate of drug-likeness (QED) is 0.861. The van der Waals surface area contributed by atoms with Crippen LogP contribution in [0, 0.1) is 5.82 Å². The van der Waals surface area contributed by atoms with Crippen molar-refractivity contribution in [3.63, 3.8) is 0 Å². The van der Waals surface area contributed by atoms with Gasteiger partial charge in [0.05, 0.1) is 5.02 Å². The van der Waals surface area contributed by atoms with Crippen molar-refractivity contribution in [1.82, 2.24) is 0 Å². The number of hydrogen-bond donors (Lipinski definition) is 1. The van der Waals surface area contributed by atoms with Crippen LogP contribution in [0.5, 0.6) is 5.75 Å². The molecule has 0 heterocycles. The van der Waals surface area contributed by atoms with Gasteiger partial charge in [0.25, 0.3) is 0 Å². The summed E-state index contributed by atoms with van der Waals surface area (Å²) < 4.78 is 19.2. The van der Waals surface area contributed by atoms with Gasteiger partial charge >= 0.3 is 0 Å². The topological polar surface area (TPSA) is 35.2 Å². The van der Waals surface area contributed by atoms with Crippen molar-refractivity contribution in [2.24, 2.45) is 5.73 Å². The van der Waals surface area contributed by atoms with Crippen LogP contribution in [-0.2, 0) is 13.0 Å². The Labute approximate surface area is 129 Å². The molecule has 0 aliphatic heterocycles. The van der Waals surface area contributed by atoms with Crippen LogP contribution in [0.25, 0.3) is 0 Å². The van der Waals surface area contributed by atoms with Gasteiger partial charge in [-0.2, -0.15) is 0 Å². The zero-order valence-electron chi connectivity index (χ0n) is 12.0. The molecule has 0 aliphatic rings. The minimum atomic E-state index is -0.431. The number of halogens is 2. The van der Waals surface area contributed by atoms with Crippen molar-refractivity contribution in [2.45, 2.75) is 32.4 Å². The molecule has 1 unspecified atom stereocenters. The Morgan fingerprint density at radius 3 is 2.71 bits per heavy atom. The van der Waals surface area contributed by atoms with Crippen molar-refractivity contribution in [3.8, 4) is 5.75 Å². The van der Waals surface area contributed by atoms with E-state index in [-0.39, 0.29) is 11.1 Å². The van der Waals surface area contributed by atoms with E-state index in [1.165, 1.54) is 12.1 Å². The van der Waals surface area contributed by atoms with Gasteiger partial charge in [0.15, 0.2) is 0 Å². The maximum Gasteiger partial charge on any atom is 0.142 e. The molecule has 0 spiro atoms. The van der Waals surface area contributed by atoms with Crippen LogP contribution in [0.1, 0.15) is 24.5 Å². The maximum atomic E-state index is 13.4. The largest absolute Gasteiger partial charge is 0.489 e. The SMILES string of the molecule is CCC(N)Cc1ccccc1OCc1ccc(Cl)c(F)c1. The molecule has 0 aliphatic carbocycles. The molecule has 2 aromatic carbocycles. The van der Waals surface area contributed by atoms with Crippen molar-refractivity contribution in [3.05, 3.63) is 64.4 Å². The normalized spacial score (nSPS) is 12.2. The van der Waals surface area contributed by atoms with Crippen LogP contribution in [0.2, 0.25) is 5.02 Å². The van der Waals surface area contributed by atoms with E-state index in [2.05, 4.69) is 6.92 Å². The first-order valence-electron chi connectivity index (χ1n) is 7.00. The molecule has 0 saturated carbocycles. The number of ether oxygens (including phenoxy) is 1. The van der Waals surface area contributed by atoms with E-state index in [0.29, 0.717) is 6.61 Å². The molecule has 2 nitrogen and oxygen atoms in total. The van der Waals surface area contributed by atoms with Crippen LogP contribution in [-0.4, -0.2) is 6.04 Å². The lowest BCUT2D eigenvalue weighted by Crippen LogP contribution is -2.21. The third-order valence-electron chi connectivity index (χ3n) is 3.36. The van der Waals surface area contributed by atoms with E-state index in [1.807, 2.05) is 24.3 Å². The van der Waals surface area contributed by atoms with Gasteiger partial charge in [0, 0.05) is 6.04 Å². The average molecular weight is 308 g/mol. The second kappa shape index (κ2) is 7.43. The van der Waals surface area contributed by atoms with Crippen LogP contribution in [0.3, 0.4) is 0 Å². The molecule has 2 rings (SSSR count). The lowest BCUT2D eigenvalue weighted by atomic mass is 10.0. The van der Waals surface area contributed by atoms with Gasteiger partial charge < -0.3 is 10.5 Å². The Balaban J connectivity index is 2.07. The third-order valence-corrected chi connectivity index (χ3v) is 3.66. The Kier molecular flexibility index (Phi) is 5.59. The van der Waals surface area contributed by atoms with Gasteiger partial charge in [-0.1, -0.05) is 42.8 Å². The molecule has 0 aromatic heterocycles. The van der Waals surface area contributed by atoms with E-state index in [4.69, 9.17) is 22.1 Å². The van der Waals surface area contributed by atoms with E-state index < -0.39 is 5.82 Å². The molecule has 4 heteroatoms. The van der Waals surface area contributed by atoms with Gasteiger partial charge in [0.1, 0.15) is 18.2 Å². The highest BCUT2D eigenvalue weighted by atomic mass is 35.5. The fraction of sp³-hybridized carbons (Fsp3) is 0.294. The monoisotopic (exact) mass is 307 g/mol. The number of hydrogen-bond acceptors (Lipinski definition) is 2. The van der Waals surface area contributed by atoms with E-state index in [9.17, 15) is 4.39 Å². The molecule has 0 fully saturated rings. The smallest absolute Gasteiger partial charge is 0.142 e. The van der Waals surface area contributed by atoms with Crippen LogP contribution in [0.15, 0.2) is 42.5 Å². The van der Waals surface area contributed by atoms with Crippen molar-refractivity contribution >= 4 is 11.6 Å².